The Labute approximate surface area is 305 Å². The summed E-state index contributed by atoms with van der Waals surface area (Å²) in [5, 5.41) is 36.3. The molecule has 5 aromatic carbocycles. The molecule has 0 bridgehead atoms. The molecular weight excluding hydrogens is 654 g/mol. The number of phenolic OH excluding ortho intramolecular Hbond substituents is 1. The van der Waals surface area contributed by atoms with Gasteiger partial charge in [0.05, 0.1) is 24.9 Å². The van der Waals surface area contributed by atoms with Crippen molar-refractivity contribution in [3.8, 4) is 16.9 Å². The topological polar surface area (TPSA) is 124 Å². The van der Waals surface area contributed by atoms with E-state index in [0.717, 1.165) is 38.9 Å². The van der Waals surface area contributed by atoms with Crippen molar-refractivity contribution in [3.63, 3.8) is 0 Å². The van der Waals surface area contributed by atoms with E-state index in [1.807, 2.05) is 115 Å². The van der Waals surface area contributed by atoms with Gasteiger partial charge in [-0.05, 0) is 58.1 Å². The van der Waals surface area contributed by atoms with Gasteiger partial charge in [0.1, 0.15) is 5.75 Å². The van der Waals surface area contributed by atoms with E-state index in [-0.39, 0.29) is 36.5 Å². The molecule has 1 fully saturated rings. The van der Waals surface area contributed by atoms with Crippen LogP contribution in [-0.2, 0) is 29.2 Å². The number of urea groups is 1. The van der Waals surface area contributed by atoms with Gasteiger partial charge in [-0.3, -0.25) is 0 Å². The predicted octanol–water partition coefficient (Wildman–Crippen LogP) is 7.01. The molecule has 5 atom stereocenters. The van der Waals surface area contributed by atoms with E-state index in [9.17, 15) is 20.1 Å². The van der Waals surface area contributed by atoms with Crippen molar-refractivity contribution in [3.05, 3.63) is 161 Å². The first-order chi connectivity index (χ1) is 25.3. The van der Waals surface area contributed by atoms with E-state index < -0.39 is 12.4 Å². The van der Waals surface area contributed by atoms with Crippen LogP contribution in [0.4, 0.5) is 4.79 Å². The maximum Gasteiger partial charge on any atom is 0.315 e. The average molecular weight is 702 g/mol. The van der Waals surface area contributed by atoms with E-state index in [0.29, 0.717) is 31.7 Å². The van der Waals surface area contributed by atoms with Crippen molar-refractivity contribution in [1.82, 2.24) is 15.5 Å². The number of phenols is 1. The molecule has 1 aliphatic rings. The van der Waals surface area contributed by atoms with Gasteiger partial charge < -0.3 is 40.3 Å². The maximum absolute atomic E-state index is 12.6. The monoisotopic (exact) mass is 701 g/mol. The minimum absolute atomic E-state index is 0.0277. The first-order valence-corrected chi connectivity index (χ1v) is 17.7. The summed E-state index contributed by atoms with van der Waals surface area (Å²) in [6.07, 6.45) is -1.94. The van der Waals surface area contributed by atoms with Gasteiger partial charge in [0.25, 0.3) is 0 Å². The molecule has 6 rings (SSSR count). The molecular formula is C43H47N3O6. The number of amides is 2. The molecule has 0 spiro atoms. The minimum atomic E-state index is -0.779. The number of carbonyl (C=O) groups excluding carboxylic acids is 1. The molecule has 1 aliphatic heterocycles. The summed E-state index contributed by atoms with van der Waals surface area (Å²) < 4.78 is 13.3. The molecule has 52 heavy (non-hydrogen) atoms. The zero-order chi connectivity index (χ0) is 36.5. The maximum atomic E-state index is 12.6. The van der Waals surface area contributed by atoms with Gasteiger partial charge in [0, 0.05) is 37.7 Å². The number of aliphatic hydroxyl groups excluding tert-OH is 2. The highest BCUT2D eigenvalue weighted by atomic mass is 16.7. The first-order valence-electron chi connectivity index (χ1n) is 17.7. The Bertz CT molecular complexity index is 1890. The number of carbonyl (C=O) groups is 1. The lowest BCUT2D eigenvalue weighted by Gasteiger charge is -2.42. The molecule has 1 heterocycles. The Morgan fingerprint density at radius 2 is 1.48 bits per heavy atom. The normalized spacial score (nSPS) is 19.2. The Balaban J connectivity index is 1.16. The van der Waals surface area contributed by atoms with Crippen LogP contribution in [0.25, 0.3) is 11.1 Å². The molecule has 9 nitrogen and oxygen atoms in total. The molecule has 0 aliphatic carbocycles. The van der Waals surface area contributed by atoms with Crippen LogP contribution >= 0.6 is 0 Å². The number of hydrogen-bond donors (Lipinski definition) is 5. The number of nitrogens with zero attached hydrogens (tertiary/aromatic N) is 1. The number of aromatic hydroxyl groups is 1. The molecule has 5 N–H and O–H groups in total. The molecule has 270 valence electrons. The summed E-state index contributed by atoms with van der Waals surface area (Å²) in [7, 11) is 1.95. The number of ether oxygens (including phenoxy) is 2. The Morgan fingerprint density at radius 1 is 0.788 bits per heavy atom. The van der Waals surface area contributed by atoms with Crippen LogP contribution in [0, 0.1) is 5.92 Å². The number of hydrogen-bond acceptors (Lipinski definition) is 7. The van der Waals surface area contributed by atoms with E-state index in [4.69, 9.17) is 9.47 Å². The smallest absolute Gasteiger partial charge is 0.315 e. The summed E-state index contributed by atoms with van der Waals surface area (Å²) in [6, 6.07) is 40.2. The summed E-state index contributed by atoms with van der Waals surface area (Å²) in [4.78, 5) is 14.6. The van der Waals surface area contributed by atoms with E-state index in [1.54, 1.807) is 24.3 Å². The third kappa shape index (κ3) is 9.44. The highest BCUT2D eigenvalue weighted by Crippen LogP contribution is 2.42. The Morgan fingerprint density at radius 3 is 2.21 bits per heavy atom. The third-order valence-electron chi connectivity index (χ3n) is 9.60. The van der Waals surface area contributed by atoms with Gasteiger partial charge in [0.2, 0.25) is 0 Å². The highest BCUT2D eigenvalue weighted by molar-refractivity contribution is 5.75. The van der Waals surface area contributed by atoms with Gasteiger partial charge in [-0.15, -0.1) is 0 Å². The second-order valence-electron chi connectivity index (χ2n) is 13.5. The zero-order valence-corrected chi connectivity index (χ0v) is 29.6. The molecule has 0 aromatic heterocycles. The molecule has 5 aromatic rings. The molecule has 0 radical (unpaired) electrons. The Hall–Kier alpha value is -5.03. The molecule has 2 amide bonds. The van der Waals surface area contributed by atoms with Crippen molar-refractivity contribution in [2.24, 2.45) is 5.92 Å². The standard InChI is InChI=1S/C43H47N3O6/c1-29-40(27-46(2)26-39(49)35-12-8-13-37(48)23-35)51-42(52-41(29)33-17-15-31(28-47)16-18-33)34-21-19-32(20-22-34)38-14-7-6-11-36(38)25-45-43(50)44-24-30-9-4-3-5-10-30/h3-23,29,39-42,47-49H,24-28H2,1-2H3,(H2,44,45,50). The molecule has 9 heteroatoms. The van der Waals surface area contributed by atoms with Crippen LogP contribution in [0.5, 0.6) is 5.75 Å². The average Bonchev–Trinajstić information content (AvgIpc) is 3.17. The summed E-state index contributed by atoms with van der Waals surface area (Å²) in [5.74, 6) is 0.0896. The van der Waals surface area contributed by atoms with Gasteiger partial charge in [-0.25, -0.2) is 4.79 Å². The minimum Gasteiger partial charge on any atom is -0.508 e. The summed E-state index contributed by atoms with van der Waals surface area (Å²) in [5.41, 5.74) is 7.39. The van der Waals surface area contributed by atoms with Crippen LogP contribution in [0.1, 0.15) is 58.8 Å². The van der Waals surface area contributed by atoms with Crippen molar-refractivity contribution >= 4 is 6.03 Å². The van der Waals surface area contributed by atoms with Crippen molar-refractivity contribution in [2.45, 2.75) is 51.2 Å². The molecule has 5 unspecified atom stereocenters. The molecule has 0 saturated carbocycles. The second-order valence-corrected chi connectivity index (χ2v) is 13.5. The van der Waals surface area contributed by atoms with Gasteiger partial charge in [-0.2, -0.15) is 0 Å². The van der Waals surface area contributed by atoms with Crippen LogP contribution in [0.2, 0.25) is 0 Å². The fourth-order valence-corrected chi connectivity index (χ4v) is 6.63. The first kappa shape index (κ1) is 36.8. The van der Waals surface area contributed by atoms with Crippen LogP contribution in [0.15, 0.2) is 127 Å². The lowest BCUT2D eigenvalue weighted by atomic mass is 9.90. The molecule has 1 saturated heterocycles. The fraction of sp³-hybridized carbons (Fsp3) is 0.279. The summed E-state index contributed by atoms with van der Waals surface area (Å²) in [6.45, 7) is 3.80. The zero-order valence-electron chi connectivity index (χ0n) is 29.6. The SMILES string of the molecule is CC1C(CN(C)CC(O)c2cccc(O)c2)OC(c2ccc(-c3ccccc3CNC(=O)NCc3ccccc3)cc2)OC1c1ccc(CO)cc1. The van der Waals surface area contributed by atoms with Gasteiger partial charge in [0.15, 0.2) is 6.29 Å². The largest absolute Gasteiger partial charge is 0.508 e. The number of likely N-dealkylation sites (N-methyl/N-ethyl adjacent to an activating group) is 1. The van der Waals surface area contributed by atoms with Crippen molar-refractivity contribution in [2.75, 3.05) is 20.1 Å². The second kappa shape index (κ2) is 17.5. The van der Waals surface area contributed by atoms with Crippen LogP contribution < -0.4 is 10.6 Å². The third-order valence-corrected chi connectivity index (χ3v) is 9.60. The van der Waals surface area contributed by atoms with Gasteiger partial charge in [-0.1, -0.05) is 122 Å². The van der Waals surface area contributed by atoms with Crippen molar-refractivity contribution in [1.29, 1.82) is 0 Å². The lowest BCUT2D eigenvalue weighted by molar-refractivity contribution is -0.276. The van der Waals surface area contributed by atoms with Crippen LogP contribution in [0.3, 0.4) is 0 Å². The number of nitrogens with one attached hydrogen (secondary N) is 2. The number of benzene rings is 5. The number of rotatable bonds is 13. The van der Waals surface area contributed by atoms with Gasteiger partial charge >= 0.3 is 6.03 Å². The highest BCUT2D eigenvalue weighted by Gasteiger charge is 2.39. The number of aliphatic hydroxyl groups is 2. The van der Waals surface area contributed by atoms with E-state index in [1.165, 1.54) is 0 Å². The lowest BCUT2D eigenvalue weighted by Crippen LogP contribution is -2.44. The van der Waals surface area contributed by atoms with E-state index in [2.05, 4.69) is 17.6 Å². The quantitative estimate of drug-likeness (QED) is 0.0896. The van der Waals surface area contributed by atoms with E-state index >= 15 is 0 Å². The fourth-order valence-electron chi connectivity index (χ4n) is 6.63. The Kier molecular flexibility index (Phi) is 12.3. The van der Waals surface area contributed by atoms with Crippen molar-refractivity contribution < 1.29 is 29.6 Å². The summed E-state index contributed by atoms with van der Waals surface area (Å²) >= 11 is 0. The van der Waals surface area contributed by atoms with Crippen LogP contribution in [-0.4, -0.2) is 52.5 Å². The predicted molar refractivity (Wildman–Crippen MR) is 201 cm³/mol.